The van der Waals surface area contributed by atoms with E-state index in [2.05, 4.69) is 83.1 Å². The molecule has 2 fully saturated rings. The summed E-state index contributed by atoms with van der Waals surface area (Å²) in [5, 5.41) is 0. The molecule has 0 unspecified atom stereocenters. The quantitative estimate of drug-likeness (QED) is 0.427. The van der Waals surface area contributed by atoms with E-state index < -0.39 is 0 Å². The van der Waals surface area contributed by atoms with Crippen LogP contribution >= 0.6 is 0 Å². The Kier molecular flexibility index (Phi) is 5.93. The summed E-state index contributed by atoms with van der Waals surface area (Å²) in [6.07, 6.45) is 2.67. The van der Waals surface area contributed by atoms with Crippen LogP contribution < -0.4 is 0 Å². The molecule has 1 aliphatic heterocycles. The topological polar surface area (TPSA) is 9.23 Å². The zero-order valence-corrected chi connectivity index (χ0v) is 19.7. The zero-order chi connectivity index (χ0) is 19.2. The minimum Gasteiger partial charge on any atom is -0.417 e. The summed E-state index contributed by atoms with van der Waals surface area (Å²) in [6.45, 7) is 30.7. The minimum absolute atomic E-state index is 0.294. The van der Waals surface area contributed by atoms with Gasteiger partial charge in [-0.1, -0.05) is 89.5 Å². The largest absolute Gasteiger partial charge is 0.417 e. The van der Waals surface area contributed by atoms with E-state index in [4.69, 9.17) is 4.43 Å². The van der Waals surface area contributed by atoms with Crippen LogP contribution in [-0.2, 0) is 4.43 Å². The van der Waals surface area contributed by atoms with E-state index in [0.29, 0.717) is 32.5 Å². The van der Waals surface area contributed by atoms with E-state index in [-0.39, 0.29) is 0 Å². The lowest BCUT2D eigenvalue weighted by molar-refractivity contribution is -0.283. The summed E-state index contributed by atoms with van der Waals surface area (Å²) in [5.41, 5.74) is 1.76. The van der Waals surface area contributed by atoms with Gasteiger partial charge < -0.3 is 4.43 Å². The fourth-order valence-corrected chi connectivity index (χ4v) is 6.03. The molecule has 1 aliphatic carbocycles. The van der Waals surface area contributed by atoms with Gasteiger partial charge in [0.25, 0.3) is 0 Å². The molecule has 1 heterocycles. The van der Waals surface area contributed by atoms with Gasteiger partial charge in [-0.15, -0.1) is 0 Å². The van der Waals surface area contributed by atoms with Crippen LogP contribution in [0.5, 0.6) is 0 Å². The van der Waals surface area contributed by atoms with Gasteiger partial charge in [-0.05, 0) is 45.0 Å². The second kappa shape index (κ2) is 6.41. The first-order valence-electron chi connectivity index (χ1n) is 9.85. The summed E-state index contributed by atoms with van der Waals surface area (Å²) in [7, 11) is 0.802. The van der Waals surface area contributed by atoms with Gasteiger partial charge >= 0.3 is 0 Å². The van der Waals surface area contributed by atoms with E-state index in [9.17, 15) is 0 Å². The van der Waals surface area contributed by atoms with Crippen LogP contribution in [-0.4, -0.2) is 16.4 Å². The van der Waals surface area contributed by atoms with Crippen molar-refractivity contribution in [3.8, 4) is 0 Å². The number of hydrogen-bond donors (Lipinski definition) is 0. The lowest BCUT2D eigenvalue weighted by atomic mass is 9.28. The molecule has 0 spiro atoms. The predicted molar refractivity (Wildman–Crippen MR) is 108 cm³/mol. The third kappa shape index (κ3) is 2.75. The maximum atomic E-state index is 5.10. The van der Waals surface area contributed by atoms with Crippen LogP contribution in [0.2, 0.25) is 6.04 Å². The molecule has 1 saturated heterocycles. The van der Waals surface area contributed by atoms with E-state index in [1.807, 2.05) is 0 Å². The maximum Gasteiger partial charge on any atom is 0.229 e. The van der Waals surface area contributed by atoms with E-state index in [1.54, 1.807) is 0 Å². The highest BCUT2D eigenvalue weighted by Gasteiger charge is 2.71. The van der Waals surface area contributed by atoms with Gasteiger partial charge in [0.2, 0.25) is 9.76 Å². The number of hydrogen-bond acceptors (Lipinski definition) is 1. The van der Waals surface area contributed by atoms with E-state index in [1.165, 1.54) is 18.9 Å². The third-order valence-corrected chi connectivity index (χ3v) is 11.2. The molecule has 0 N–H and O–H groups in total. The Labute approximate surface area is 155 Å². The highest BCUT2D eigenvalue weighted by molar-refractivity contribution is 6.27. The highest BCUT2D eigenvalue weighted by atomic mass is 28.2. The summed E-state index contributed by atoms with van der Waals surface area (Å²) >= 11 is 0. The molecule has 0 amide bonds. The average molecular weight is 353 g/mol. The predicted octanol–water partition coefficient (Wildman–Crippen LogP) is 6.99. The van der Waals surface area contributed by atoms with Crippen molar-refractivity contribution in [2.45, 2.75) is 102 Å². The van der Waals surface area contributed by atoms with Crippen molar-refractivity contribution in [2.24, 2.45) is 32.5 Å². The van der Waals surface area contributed by atoms with Gasteiger partial charge in [0.15, 0.2) is 0 Å². The lowest BCUT2D eigenvalue weighted by Crippen LogP contribution is -2.70. The van der Waals surface area contributed by atoms with Gasteiger partial charge in [-0.3, -0.25) is 0 Å². The monoisotopic (exact) mass is 352 g/mol. The van der Waals surface area contributed by atoms with Crippen molar-refractivity contribution in [3.63, 3.8) is 0 Å². The maximum absolute atomic E-state index is 5.10. The second-order valence-corrected chi connectivity index (χ2v) is 12.3. The SMILES string of the molecule is C1CC[Si]OC1.CC1(C)C(C)(C)C(C)(C)C(C)(C)C(C)(C)C1(C)C. The van der Waals surface area contributed by atoms with Gasteiger partial charge in [0.05, 0.1) is 0 Å². The second-order valence-electron chi connectivity index (χ2n) is 11.2. The fraction of sp³-hybridized carbons (Fsp3) is 1.00. The molecule has 0 aromatic carbocycles. The molecule has 2 heteroatoms. The highest BCUT2D eigenvalue weighted by Crippen LogP contribution is 2.77. The van der Waals surface area contributed by atoms with Crippen molar-refractivity contribution in [3.05, 3.63) is 0 Å². The van der Waals surface area contributed by atoms with Crippen LogP contribution in [0.25, 0.3) is 0 Å². The Bertz CT molecular complexity index is 308. The molecule has 0 atom stereocenters. The fourth-order valence-electron chi connectivity index (χ4n) is 5.20. The Morgan fingerprint density at radius 2 is 0.792 bits per heavy atom. The minimum atomic E-state index is 0.294. The van der Waals surface area contributed by atoms with Crippen molar-refractivity contribution in [2.75, 3.05) is 6.61 Å². The summed E-state index contributed by atoms with van der Waals surface area (Å²) < 4.78 is 5.10. The first-order valence-corrected chi connectivity index (χ1v) is 11.0. The van der Waals surface area contributed by atoms with E-state index in [0.717, 1.165) is 16.4 Å². The summed E-state index contributed by atoms with van der Waals surface area (Å²) in [5.74, 6) is 0. The smallest absolute Gasteiger partial charge is 0.229 e. The lowest BCUT2D eigenvalue weighted by Gasteiger charge is -2.76. The molecule has 0 aromatic heterocycles. The Hall–Kier alpha value is 0.177. The molecule has 0 aromatic rings. The Morgan fingerprint density at radius 1 is 0.500 bits per heavy atom. The van der Waals surface area contributed by atoms with Crippen LogP contribution in [0.1, 0.15) is 95.9 Å². The van der Waals surface area contributed by atoms with Crippen molar-refractivity contribution < 1.29 is 4.43 Å². The van der Waals surface area contributed by atoms with Crippen LogP contribution in [0, 0.1) is 32.5 Å². The average Bonchev–Trinajstić information content (AvgIpc) is 2.47. The Morgan fingerprint density at radius 3 is 0.875 bits per heavy atom. The molecular formula is C22H44OSi. The van der Waals surface area contributed by atoms with Gasteiger partial charge in [-0.2, -0.15) is 0 Å². The van der Waals surface area contributed by atoms with Crippen molar-refractivity contribution in [1.82, 2.24) is 0 Å². The summed E-state index contributed by atoms with van der Waals surface area (Å²) in [4.78, 5) is 0. The Balaban J connectivity index is 0.000000400. The third-order valence-electron chi connectivity index (χ3n) is 10.3. The zero-order valence-electron chi connectivity index (χ0n) is 18.7. The standard InChI is InChI=1S/C18H36.C4H8OSi/c1-13(2)14(3,4)16(7,8)18(11,12)17(9,10)15(13,5)6;1-2-4-6-5-3-1/h1-12H3;1-4H2. The first-order chi connectivity index (χ1) is 10.5. The first kappa shape index (κ1) is 22.2. The molecule has 2 rings (SSSR count). The molecule has 142 valence electrons. The molecule has 0 bridgehead atoms. The van der Waals surface area contributed by atoms with Crippen molar-refractivity contribution >= 4 is 9.76 Å². The molecule has 1 saturated carbocycles. The van der Waals surface area contributed by atoms with Gasteiger partial charge in [0.1, 0.15) is 0 Å². The molecule has 2 radical (unpaired) electrons. The molecule has 1 nitrogen and oxygen atoms in total. The van der Waals surface area contributed by atoms with E-state index >= 15 is 0 Å². The van der Waals surface area contributed by atoms with Crippen LogP contribution in [0.4, 0.5) is 0 Å². The van der Waals surface area contributed by atoms with Gasteiger partial charge in [-0.25, -0.2) is 0 Å². The molecule has 2 aliphatic rings. The summed E-state index contributed by atoms with van der Waals surface area (Å²) in [6, 6.07) is 1.31. The van der Waals surface area contributed by atoms with Crippen LogP contribution in [0.15, 0.2) is 0 Å². The van der Waals surface area contributed by atoms with Gasteiger partial charge in [0, 0.05) is 6.61 Å². The molecule has 24 heavy (non-hydrogen) atoms. The van der Waals surface area contributed by atoms with Crippen LogP contribution in [0.3, 0.4) is 0 Å². The molecular weight excluding hydrogens is 308 g/mol. The van der Waals surface area contributed by atoms with Crippen molar-refractivity contribution in [1.29, 1.82) is 0 Å². The normalized spacial score (nSPS) is 31.5. The number of rotatable bonds is 0.